The Kier molecular flexibility index (Phi) is 3.89. The molecular formula is C10H19NO3. The quantitative estimate of drug-likeness (QED) is 0.683. The van der Waals surface area contributed by atoms with Crippen molar-refractivity contribution in [3.05, 3.63) is 0 Å². The van der Waals surface area contributed by atoms with E-state index in [1.54, 1.807) is 0 Å². The summed E-state index contributed by atoms with van der Waals surface area (Å²) in [6.45, 7) is 6.24. The minimum Gasteiger partial charge on any atom is -0.395 e. The van der Waals surface area contributed by atoms with Gasteiger partial charge < -0.3 is 15.2 Å². The van der Waals surface area contributed by atoms with Crippen LogP contribution in [-0.4, -0.2) is 36.4 Å². The molecule has 1 amide bonds. The monoisotopic (exact) mass is 201 g/mol. The summed E-state index contributed by atoms with van der Waals surface area (Å²) in [5.41, 5.74) is 0. The molecule has 0 spiro atoms. The molecule has 4 unspecified atom stereocenters. The second kappa shape index (κ2) is 4.75. The van der Waals surface area contributed by atoms with Crippen molar-refractivity contribution in [2.45, 2.75) is 33.0 Å². The van der Waals surface area contributed by atoms with E-state index < -0.39 is 0 Å². The molecule has 82 valence electrons. The molecular weight excluding hydrogens is 182 g/mol. The van der Waals surface area contributed by atoms with Gasteiger partial charge in [-0.15, -0.1) is 0 Å². The number of aliphatic hydroxyl groups excluding tert-OH is 1. The molecule has 0 radical (unpaired) electrons. The first kappa shape index (κ1) is 11.5. The van der Waals surface area contributed by atoms with Gasteiger partial charge in [0.05, 0.1) is 24.7 Å². The molecule has 1 aliphatic rings. The second-order valence-corrected chi connectivity index (χ2v) is 3.95. The predicted molar refractivity (Wildman–Crippen MR) is 52.8 cm³/mol. The van der Waals surface area contributed by atoms with Gasteiger partial charge in [0.25, 0.3) is 0 Å². The molecule has 1 fully saturated rings. The Balaban J connectivity index is 2.53. The molecule has 2 N–H and O–H groups in total. The Morgan fingerprint density at radius 2 is 2.00 bits per heavy atom. The molecule has 14 heavy (non-hydrogen) atoms. The molecule has 0 bridgehead atoms. The lowest BCUT2D eigenvalue weighted by atomic mass is 9.89. The average molecular weight is 201 g/mol. The van der Waals surface area contributed by atoms with Crippen molar-refractivity contribution in [1.82, 2.24) is 5.32 Å². The van der Waals surface area contributed by atoms with Gasteiger partial charge >= 0.3 is 0 Å². The summed E-state index contributed by atoms with van der Waals surface area (Å²) in [7, 11) is 0. The normalized spacial score (nSPS) is 37.1. The fourth-order valence-corrected chi connectivity index (χ4v) is 2.02. The Bertz CT molecular complexity index is 208. The van der Waals surface area contributed by atoms with Crippen LogP contribution >= 0.6 is 0 Å². The van der Waals surface area contributed by atoms with E-state index in [1.807, 2.05) is 20.8 Å². The van der Waals surface area contributed by atoms with Crippen LogP contribution in [0.2, 0.25) is 0 Å². The highest BCUT2D eigenvalue weighted by Crippen LogP contribution is 2.31. The number of nitrogens with one attached hydrogen (secondary N) is 1. The summed E-state index contributed by atoms with van der Waals surface area (Å²) in [5.74, 6) is 0.142. The van der Waals surface area contributed by atoms with Gasteiger partial charge in [-0.25, -0.2) is 0 Å². The van der Waals surface area contributed by atoms with Crippen molar-refractivity contribution >= 4 is 5.91 Å². The predicted octanol–water partition coefficient (Wildman–Crippen LogP) is 0.154. The van der Waals surface area contributed by atoms with Crippen molar-refractivity contribution in [3.8, 4) is 0 Å². The summed E-state index contributed by atoms with van der Waals surface area (Å²) < 4.78 is 5.56. The van der Waals surface area contributed by atoms with Gasteiger partial charge in [0.15, 0.2) is 0 Å². The van der Waals surface area contributed by atoms with Gasteiger partial charge in [-0.2, -0.15) is 0 Å². The molecule has 0 aromatic rings. The van der Waals surface area contributed by atoms with Crippen LogP contribution in [0.5, 0.6) is 0 Å². The van der Waals surface area contributed by atoms with Crippen LogP contribution in [0.3, 0.4) is 0 Å². The molecule has 1 rings (SSSR count). The van der Waals surface area contributed by atoms with E-state index in [0.29, 0.717) is 6.54 Å². The fraction of sp³-hybridized carbons (Fsp3) is 0.900. The van der Waals surface area contributed by atoms with E-state index in [2.05, 4.69) is 5.32 Å². The van der Waals surface area contributed by atoms with E-state index >= 15 is 0 Å². The maximum absolute atomic E-state index is 11.7. The highest BCUT2D eigenvalue weighted by molar-refractivity contribution is 5.79. The summed E-state index contributed by atoms with van der Waals surface area (Å²) in [5, 5.41) is 11.3. The molecule has 1 saturated heterocycles. The average Bonchev–Trinajstić information content (AvgIpc) is 2.38. The number of aliphatic hydroxyl groups is 1. The van der Waals surface area contributed by atoms with Gasteiger partial charge in [-0.3, -0.25) is 4.79 Å². The van der Waals surface area contributed by atoms with Crippen molar-refractivity contribution in [2.75, 3.05) is 13.2 Å². The first-order chi connectivity index (χ1) is 6.57. The first-order valence-electron chi connectivity index (χ1n) is 5.12. The maximum Gasteiger partial charge on any atom is 0.226 e. The summed E-state index contributed by atoms with van der Waals surface area (Å²) in [6, 6.07) is 0. The van der Waals surface area contributed by atoms with Gasteiger partial charge in [-0.1, -0.05) is 6.92 Å². The van der Waals surface area contributed by atoms with Gasteiger partial charge in [-0.05, 0) is 19.8 Å². The van der Waals surface area contributed by atoms with Crippen LogP contribution < -0.4 is 5.32 Å². The minimum atomic E-state index is -0.0865. The summed E-state index contributed by atoms with van der Waals surface area (Å²) in [4.78, 5) is 11.7. The lowest BCUT2D eigenvalue weighted by Gasteiger charge is -2.17. The van der Waals surface area contributed by atoms with Crippen LogP contribution in [-0.2, 0) is 9.53 Å². The smallest absolute Gasteiger partial charge is 0.226 e. The zero-order valence-electron chi connectivity index (χ0n) is 8.99. The third-order valence-corrected chi connectivity index (χ3v) is 2.96. The van der Waals surface area contributed by atoms with Crippen LogP contribution in [0.4, 0.5) is 0 Å². The highest BCUT2D eigenvalue weighted by Gasteiger charge is 2.41. The van der Waals surface area contributed by atoms with Crippen LogP contribution in [0.15, 0.2) is 0 Å². The fourth-order valence-electron chi connectivity index (χ4n) is 2.02. The minimum absolute atomic E-state index is 0.0107. The number of hydrogen-bond acceptors (Lipinski definition) is 3. The molecule has 0 saturated carbocycles. The van der Waals surface area contributed by atoms with Gasteiger partial charge in [0, 0.05) is 6.54 Å². The van der Waals surface area contributed by atoms with Crippen LogP contribution in [0, 0.1) is 11.8 Å². The molecule has 4 heteroatoms. The number of amides is 1. The van der Waals surface area contributed by atoms with Crippen molar-refractivity contribution in [2.24, 2.45) is 11.8 Å². The highest BCUT2D eigenvalue weighted by atomic mass is 16.5. The Morgan fingerprint density at radius 3 is 2.43 bits per heavy atom. The molecule has 0 aromatic carbocycles. The second-order valence-electron chi connectivity index (χ2n) is 3.95. The Morgan fingerprint density at radius 1 is 1.36 bits per heavy atom. The first-order valence-corrected chi connectivity index (χ1v) is 5.12. The lowest BCUT2D eigenvalue weighted by Crippen LogP contribution is -2.38. The third kappa shape index (κ3) is 2.25. The Hall–Kier alpha value is -0.610. The summed E-state index contributed by atoms with van der Waals surface area (Å²) in [6.07, 6.45) is 0.105. The lowest BCUT2D eigenvalue weighted by molar-refractivity contribution is -0.127. The third-order valence-electron chi connectivity index (χ3n) is 2.96. The molecule has 4 atom stereocenters. The number of carbonyl (C=O) groups is 1. The van der Waals surface area contributed by atoms with Crippen molar-refractivity contribution in [1.29, 1.82) is 0 Å². The Labute approximate surface area is 84.6 Å². The molecule has 1 heterocycles. The number of rotatable bonds is 3. The summed E-state index contributed by atoms with van der Waals surface area (Å²) >= 11 is 0. The maximum atomic E-state index is 11.7. The zero-order valence-corrected chi connectivity index (χ0v) is 8.99. The van der Waals surface area contributed by atoms with Crippen LogP contribution in [0.1, 0.15) is 20.8 Å². The standard InChI is InChI=1S/C10H19NO3/c1-6-7(2)14-8(3)9(6)10(13)11-4-5-12/h6-9,12H,4-5H2,1-3H3,(H,11,13). The topological polar surface area (TPSA) is 58.6 Å². The van der Waals surface area contributed by atoms with Gasteiger partial charge in [0.2, 0.25) is 5.91 Å². The molecule has 4 nitrogen and oxygen atoms in total. The van der Waals surface area contributed by atoms with E-state index in [4.69, 9.17) is 9.84 Å². The van der Waals surface area contributed by atoms with E-state index in [9.17, 15) is 4.79 Å². The molecule has 1 aliphatic heterocycles. The number of hydrogen-bond donors (Lipinski definition) is 2. The number of ether oxygens (including phenoxy) is 1. The SMILES string of the molecule is CC1OC(C)C(C(=O)NCCO)C1C. The van der Waals surface area contributed by atoms with Crippen molar-refractivity contribution < 1.29 is 14.6 Å². The van der Waals surface area contributed by atoms with E-state index in [-0.39, 0.29) is 36.6 Å². The number of carbonyl (C=O) groups excluding carboxylic acids is 1. The van der Waals surface area contributed by atoms with E-state index in [0.717, 1.165) is 0 Å². The largest absolute Gasteiger partial charge is 0.395 e. The molecule has 0 aliphatic carbocycles. The van der Waals surface area contributed by atoms with Crippen LogP contribution in [0.25, 0.3) is 0 Å². The molecule has 0 aromatic heterocycles. The zero-order chi connectivity index (χ0) is 10.7. The van der Waals surface area contributed by atoms with Crippen molar-refractivity contribution in [3.63, 3.8) is 0 Å². The van der Waals surface area contributed by atoms with E-state index in [1.165, 1.54) is 0 Å². The van der Waals surface area contributed by atoms with Gasteiger partial charge in [0.1, 0.15) is 0 Å².